The number of ether oxygens (including phenoxy) is 2. The fourth-order valence-electron chi connectivity index (χ4n) is 3.26. The summed E-state index contributed by atoms with van der Waals surface area (Å²) in [5, 5.41) is 19.5. The molecule has 31 heavy (non-hydrogen) atoms. The zero-order valence-corrected chi connectivity index (χ0v) is 18.5. The monoisotopic (exact) mass is 446 g/mol. The number of carbonyl (C=O) groups is 2. The van der Waals surface area contributed by atoms with Gasteiger partial charge in [-0.2, -0.15) is 0 Å². The van der Waals surface area contributed by atoms with Gasteiger partial charge in [-0.3, -0.25) is 4.79 Å². The summed E-state index contributed by atoms with van der Waals surface area (Å²) in [6, 6.07) is 12.3. The maximum atomic E-state index is 13.3. The van der Waals surface area contributed by atoms with Crippen molar-refractivity contribution in [1.82, 2.24) is 4.90 Å². The van der Waals surface area contributed by atoms with Crippen molar-refractivity contribution in [3.05, 3.63) is 48.0 Å². The number of fused-ring (bicyclic) bond motifs is 1. The first-order valence-corrected chi connectivity index (χ1v) is 10.6. The van der Waals surface area contributed by atoms with E-state index in [4.69, 9.17) is 14.6 Å². The van der Waals surface area contributed by atoms with Gasteiger partial charge in [-0.25, -0.2) is 4.79 Å². The molecule has 2 atom stereocenters. The number of likely N-dealkylation sites (N-methyl/N-ethyl adjacent to an activating group) is 1. The quantitative estimate of drug-likeness (QED) is 0.637. The average molecular weight is 447 g/mol. The van der Waals surface area contributed by atoms with Crippen LogP contribution in [-0.2, 0) is 9.59 Å². The fourth-order valence-corrected chi connectivity index (χ4v) is 4.60. The Morgan fingerprint density at radius 3 is 2.52 bits per heavy atom. The van der Waals surface area contributed by atoms with E-state index >= 15 is 0 Å². The van der Waals surface area contributed by atoms with Gasteiger partial charge in [0.15, 0.2) is 6.61 Å². The lowest BCUT2D eigenvalue weighted by Crippen LogP contribution is -2.43. The number of anilines is 1. The number of carboxylic acids is 1. The molecule has 2 aromatic rings. The predicted molar refractivity (Wildman–Crippen MR) is 118 cm³/mol. The van der Waals surface area contributed by atoms with Crippen LogP contribution in [0.4, 0.5) is 5.69 Å². The number of thioether (sulfide) groups is 1. The molecule has 3 rings (SSSR count). The maximum absolute atomic E-state index is 13.3. The highest BCUT2D eigenvalue weighted by Gasteiger charge is 2.38. The summed E-state index contributed by atoms with van der Waals surface area (Å²) in [6.07, 6.45) is -1.29. The second-order valence-corrected chi connectivity index (χ2v) is 8.49. The van der Waals surface area contributed by atoms with Crippen LogP contribution in [0.15, 0.2) is 47.4 Å². The van der Waals surface area contributed by atoms with E-state index in [0.29, 0.717) is 35.2 Å². The van der Waals surface area contributed by atoms with E-state index < -0.39 is 29.8 Å². The van der Waals surface area contributed by atoms with E-state index in [0.717, 1.165) is 5.56 Å². The molecule has 166 valence electrons. The van der Waals surface area contributed by atoms with Gasteiger partial charge in [0, 0.05) is 13.1 Å². The molecule has 0 fully saturated rings. The molecule has 8 nitrogen and oxygen atoms in total. The van der Waals surface area contributed by atoms with E-state index in [1.54, 1.807) is 42.3 Å². The van der Waals surface area contributed by atoms with Crippen LogP contribution in [0.2, 0.25) is 0 Å². The Balaban J connectivity index is 2.06. The molecule has 0 aliphatic carbocycles. The second kappa shape index (κ2) is 10.0. The average Bonchev–Trinajstić information content (AvgIpc) is 2.86. The van der Waals surface area contributed by atoms with Gasteiger partial charge in [0.1, 0.15) is 17.6 Å². The molecule has 1 amide bonds. The van der Waals surface area contributed by atoms with Gasteiger partial charge in [0.25, 0.3) is 5.91 Å². The predicted octanol–water partition coefficient (Wildman–Crippen LogP) is 2.26. The number of aliphatic hydroxyl groups is 1. The zero-order chi connectivity index (χ0) is 22.5. The Hall–Kier alpha value is -2.75. The first-order chi connectivity index (χ1) is 14.8. The standard InChI is InChI=1S/C22H26N2O6S/c1-23(2)11-12-24-16-5-4-6-17(30-13-18(25)26)21(16)31-20(19(27)22(24)28)14-7-9-15(29-3)10-8-14/h4-10,19-20,27H,11-13H2,1-3H3,(H,25,26)/t19-,20+/m1/s1. The maximum Gasteiger partial charge on any atom is 0.341 e. The molecule has 1 aliphatic rings. The van der Waals surface area contributed by atoms with Crippen molar-refractivity contribution in [3.63, 3.8) is 0 Å². The second-order valence-electron chi connectivity index (χ2n) is 7.34. The smallest absolute Gasteiger partial charge is 0.341 e. The zero-order valence-electron chi connectivity index (χ0n) is 17.6. The van der Waals surface area contributed by atoms with Crippen molar-refractivity contribution in [1.29, 1.82) is 0 Å². The van der Waals surface area contributed by atoms with Crippen LogP contribution in [0.3, 0.4) is 0 Å². The Labute approximate surface area is 185 Å². The van der Waals surface area contributed by atoms with Crippen molar-refractivity contribution in [2.24, 2.45) is 0 Å². The van der Waals surface area contributed by atoms with Gasteiger partial charge < -0.3 is 29.5 Å². The Kier molecular flexibility index (Phi) is 7.42. The summed E-state index contributed by atoms with van der Waals surface area (Å²) in [5.41, 5.74) is 1.34. The number of amides is 1. The van der Waals surface area contributed by atoms with Crippen LogP contribution in [0, 0.1) is 0 Å². The fraction of sp³-hybridized carbons (Fsp3) is 0.364. The summed E-state index contributed by atoms with van der Waals surface area (Å²) in [5.74, 6) is -0.477. The summed E-state index contributed by atoms with van der Waals surface area (Å²) in [7, 11) is 5.38. The molecule has 1 heterocycles. The summed E-state index contributed by atoms with van der Waals surface area (Å²) < 4.78 is 10.7. The van der Waals surface area contributed by atoms with Gasteiger partial charge in [-0.1, -0.05) is 18.2 Å². The molecule has 0 bridgehead atoms. The third kappa shape index (κ3) is 5.30. The molecule has 0 spiro atoms. The highest BCUT2D eigenvalue weighted by atomic mass is 32.2. The van der Waals surface area contributed by atoms with Crippen LogP contribution in [0.25, 0.3) is 0 Å². The number of nitrogens with zero attached hydrogens (tertiary/aromatic N) is 2. The van der Waals surface area contributed by atoms with Crippen molar-refractivity contribution in [2.75, 3.05) is 45.8 Å². The van der Waals surface area contributed by atoms with Crippen molar-refractivity contribution < 1.29 is 29.3 Å². The van der Waals surface area contributed by atoms with Crippen molar-refractivity contribution in [3.8, 4) is 11.5 Å². The molecule has 0 saturated carbocycles. The third-order valence-corrected chi connectivity index (χ3v) is 6.30. The molecule has 1 aliphatic heterocycles. The minimum Gasteiger partial charge on any atom is -0.497 e. The van der Waals surface area contributed by atoms with Crippen LogP contribution in [0.5, 0.6) is 11.5 Å². The van der Waals surface area contributed by atoms with E-state index in [2.05, 4.69) is 0 Å². The Bertz CT molecular complexity index is 934. The van der Waals surface area contributed by atoms with Gasteiger partial charge in [0.2, 0.25) is 0 Å². The van der Waals surface area contributed by atoms with Gasteiger partial charge >= 0.3 is 5.97 Å². The number of benzene rings is 2. The van der Waals surface area contributed by atoms with Gasteiger partial charge in [-0.05, 0) is 43.9 Å². The molecule has 0 aromatic heterocycles. The van der Waals surface area contributed by atoms with E-state index in [-0.39, 0.29) is 0 Å². The molecular formula is C22H26N2O6S. The molecule has 0 saturated heterocycles. The molecule has 2 aromatic carbocycles. The van der Waals surface area contributed by atoms with E-state index in [1.165, 1.54) is 11.8 Å². The molecule has 2 N–H and O–H groups in total. The summed E-state index contributed by atoms with van der Waals surface area (Å²) >= 11 is 1.29. The molecular weight excluding hydrogens is 420 g/mol. The SMILES string of the molecule is COc1ccc([C@@H]2Sc3c(OCC(=O)O)cccc3N(CCN(C)C)C(=O)[C@@H]2O)cc1. The van der Waals surface area contributed by atoms with E-state index in [1.807, 2.05) is 31.1 Å². The molecule has 0 radical (unpaired) electrons. The van der Waals surface area contributed by atoms with Crippen LogP contribution >= 0.6 is 11.8 Å². The van der Waals surface area contributed by atoms with Crippen LogP contribution in [0.1, 0.15) is 10.8 Å². The number of carboxylic acid groups (broad SMARTS) is 1. The number of hydrogen-bond acceptors (Lipinski definition) is 7. The molecule has 0 unspecified atom stereocenters. The molecule has 9 heteroatoms. The largest absolute Gasteiger partial charge is 0.497 e. The first-order valence-electron chi connectivity index (χ1n) is 9.74. The minimum atomic E-state index is -1.29. The van der Waals surface area contributed by atoms with Crippen molar-refractivity contribution in [2.45, 2.75) is 16.2 Å². The summed E-state index contributed by atoms with van der Waals surface area (Å²) in [4.78, 5) is 28.4. The van der Waals surface area contributed by atoms with Crippen LogP contribution in [-0.4, -0.2) is 74.0 Å². The number of methoxy groups -OCH3 is 1. The van der Waals surface area contributed by atoms with Gasteiger partial charge in [-0.15, -0.1) is 11.8 Å². The van der Waals surface area contributed by atoms with E-state index in [9.17, 15) is 14.7 Å². The highest BCUT2D eigenvalue weighted by Crippen LogP contribution is 2.49. The lowest BCUT2D eigenvalue weighted by atomic mass is 10.1. The number of rotatable bonds is 8. The third-order valence-electron chi connectivity index (χ3n) is 4.87. The van der Waals surface area contributed by atoms with Gasteiger partial charge in [0.05, 0.1) is 22.9 Å². The van der Waals surface area contributed by atoms with Crippen molar-refractivity contribution >= 4 is 29.3 Å². The topological polar surface area (TPSA) is 99.5 Å². The number of carbonyl (C=O) groups excluding carboxylic acids is 1. The Morgan fingerprint density at radius 1 is 1.19 bits per heavy atom. The number of hydrogen-bond donors (Lipinski definition) is 2. The lowest BCUT2D eigenvalue weighted by molar-refractivity contribution is -0.139. The summed E-state index contributed by atoms with van der Waals surface area (Å²) in [6.45, 7) is 0.461. The minimum absolute atomic E-state index is 0.361. The Morgan fingerprint density at radius 2 is 1.90 bits per heavy atom. The number of aliphatic carboxylic acids is 1. The first kappa shape index (κ1) is 22.9. The number of aliphatic hydroxyl groups excluding tert-OH is 1. The lowest BCUT2D eigenvalue weighted by Gasteiger charge is -2.26. The van der Waals surface area contributed by atoms with Crippen LogP contribution < -0.4 is 14.4 Å². The highest BCUT2D eigenvalue weighted by molar-refractivity contribution is 8.00. The normalized spacial score (nSPS) is 18.5.